The van der Waals surface area contributed by atoms with Gasteiger partial charge in [-0.05, 0) is 36.7 Å². The molecule has 0 aromatic heterocycles. The van der Waals surface area contributed by atoms with Gasteiger partial charge in [0.15, 0.2) is 0 Å². The van der Waals surface area contributed by atoms with Crippen molar-refractivity contribution in [3.05, 3.63) is 63.6 Å². The van der Waals surface area contributed by atoms with Gasteiger partial charge in [0.1, 0.15) is 0 Å². The van der Waals surface area contributed by atoms with E-state index < -0.39 is 0 Å². The predicted octanol–water partition coefficient (Wildman–Crippen LogP) is 5.16. The first-order valence-corrected chi connectivity index (χ1v) is 8.64. The van der Waals surface area contributed by atoms with Gasteiger partial charge < -0.3 is 5.32 Å². The van der Waals surface area contributed by atoms with Gasteiger partial charge in [-0.3, -0.25) is 0 Å². The van der Waals surface area contributed by atoms with E-state index in [0.717, 1.165) is 23.3 Å². The van der Waals surface area contributed by atoms with E-state index in [2.05, 4.69) is 77.6 Å². The van der Waals surface area contributed by atoms with Crippen LogP contribution in [0.5, 0.6) is 0 Å². The predicted molar refractivity (Wildman–Crippen MR) is 92.3 cm³/mol. The molecule has 0 unspecified atom stereocenters. The van der Waals surface area contributed by atoms with Gasteiger partial charge in [-0.15, -0.1) is 11.8 Å². The summed E-state index contributed by atoms with van der Waals surface area (Å²) in [5.41, 5.74) is 4.07. The fourth-order valence-electron chi connectivity index (χ4n) is 2.03. The minimum Gasteiger partial charge on any atom is -0.313 e. The Morgan fingerprint density at radius 2 is 2.00 bits per heavy atom. The van der Waals surface area contributed by atoms with Gasteiger partial charge in [-0.25, -0.2) is 0 Å². The molecule has 2 rings (SSSR count). The average molecular weight is 350 g/mol. The summed E-state index contributed by atoms with van der Waals surface area (Å²) in [4.78, 5) is 1.35. The van der Waals surface area contributed by atoms with E-state index in [1.165, 1.54) is 21.6 Å². The van der Waals surface area contributed by atoms with Crippen molar-refractivity contribution in [3.63, 3.8) is 0 Å². The molecule has 3 heteroatoms. The fourth-order valence-corrected chi connectivity index (χ4v) is 3.58. The van der Waals surface area contributed by atoms with Crippen LogP contribution in [0, 0.1) is 6.92 Å². The molecule has 0 amide bonds. The molecule has 1 nitrogen and oxygen atoms in total. The van der Waals surface area contributed by atoms with Gasteiger partial charge in [-0.1, -0.05) is 58.7 Å². The maximum Gasteiger partial charge on any atom is 0.0232 e. The van der Waals surface area contributed by atoms with Crippen LogP contribution in [0.25, 0.3) is 0 Å². The van der Waals surface area contributed by atoms with E-state index in [4.69, 9.17) is 0 Å². The van der Waals surface area contributed by atoms with Crippen LogP contribution >= 0.6 is 27.7 Å². The maximum absolute atomic E-state index is 3.57. The van der Waals surface area contributed by atoms with Crippen LogP contribution in [0.1, 0.15) is 23.6 Å². The maximum atomic E-state index is 3.57. The van der Waals surface area contributed by atoms with Crippen LogP contribution in [0.3, 0.4) is 0 Å². The lowest BCUT2D eigenvalue weighted by molar-refractivity contribution is 0.718. The summed E-state index contributed by atoms with van der Waals surface area (Å²) < 4.78 is 1.14. The summed E-state index contributed by atoms with van der Waals surface area (Å²) in [7, 11) is 0. The molecule has 1 N–H and O–H groups in total. The lowest BCUT2D eigenvalue weighted by Crippen LogP contribution is -2.12. The molecule has 0 heterocycles. The van der Waals surface area contributed by atoms with Crippen molar-refractivity contribution < 1.29 is 0 Å². The topological polar surface area (TPSA) is 12.0 Å². The lowest BCUT2D eigenvalue weighted by Gasteiger charge is -2.11. The SMILES string of the molecule is CCNCc1ccc(Br)cc1SCc1cccc(C)c1. The fraction of sp³-hybridized carbons (Fsp3) is 0.294. The standard InChI is InChI=1S/C17H20BrNS/c1-3-19-11-15-7-8-16(18)10-17(15)20-12-14-6-4-5-13(2)9-14/h4-10,19H,3,11-12H2,1-2H3. The van der Waals surface area contributed by atoms with Crippen molar-refractivity contribution in [2.45, 2.75) is 31.0 Å². The first-order chi connectivity index (χ1) is 9.69. The summed E-state index contributed by atoms with van der Waals surface area (Å²) in [6, 6.07) is 15.3. The Balaban J connectivity index is 2.09. The zero-order valence-electron chi connectivity index (χ0n) is 11.9. The molecule has 0 atom stereocenters. The minimum atomic E-state index is 0.930. The Kier molecular flexibility index (Phi) is 6.14. The van der Waals surface area contributed by atoms with Crippen molar-refractivity contribution >= 4 is 27.7 Å². The largest absolute Gasteiger partial charge is 0.313 e. The Morgan fingerprint density at radius 3 is 2.75 bits per heavy atom. The van der Waals surface area contributed by atoms with E-state index in [1.807, 2.05) is 11.8 Å². The minimum absolute atomic E-state index is 0.930. The van der Waals surface area contributed by atoms with Crippen LogP contribution in [0.4, 0.5) is 0 Å². The number of hydrogen-bond acceptors (Lipinski definition) is 2. The van der Waals surface area contributed by atoms with Crippen LogP contribution in [-0.2, 0) is 12.3 Å². The molecule has 0 aliphatic heterocycles. The zero-order valence-corrected chi connectivity index (χ0v) is 14.4. The highest BCUT2D eigenvalue weighted by Gasteiger charge is 2.05. The lowest BCUT2D eigenvalue weighted by atomic mass is 10.2. The average Bonchev–Trinajstić information content (AvgIpc) is 2.44. The second-order valence-corrected chi connectivity index (χ2v) is 6.74. The van der Waals surface area contributed by atoms with Crippen LogP contribution < -0.4 is 5.32 Å². The quantitative estimate of drug-likeness (QED) is 0.723. The molecule has 2 aromatic carbocycles. The first-order valence-electron chi connectivity index (χ1n) is 6.86. The van der Waals surface area contributed by atoms with E-state index >= 15 is 0 Å². The normalized spacial score (nSPS) is 10.8. The van der Waals surface area contributed by atoms with Gasteiger partial charge in [0.25, 0.3) is 0 Å². The van der Waals surface area contributed by atoms with Crippen LogP contribution in [0.2, 0.25) is 0 Å². The van der Waals surface area contributed by atoms with Crippen molar-refractivity contribution in [2.24, 2.45) is 0 Å². The number of thioether (sulfide) groups is 1. The van der Waals surface area contributed by atoms with Crippen molar-refractivity contribution in [1.82, 2.24) is 5.32 Å². The molecule has 106 valence electrons. The van der Waals surface area contributed by atoms with E-state index in [9.17, 15) is 0 Å². The highest BCUT2D eigenvalue weighted by atomic mass is 79.9. The van der Waals surface area contributed by atoms with Crippen molar-refractivity contribution in [1.29, 1.82) is 0 Å². The van der Waals surface area contributed by atoms with Crippen LogP contribution in [-0.4, -0.2) is 6.54 Å². The number of hydrogen-bond donors (Lipinski definition) is 1. The van der Waals surface area contributed by atoms with Gasteiger partial charge in [0.2, 0.25) is 0 Å². The molecule has 0 saturated heterocycles. The Morgan fingerprint density at radius 1 is 1.15 bits per heavy atom. The first kappa shape index (κ1) is 15.6. The number of aryl methyl sites for hydroxylation is 1. The Labute approximate surface area is 134 Å². The smallest absolute Gasteiger partial charge is 0.0232 e. The van der Waals surface area contributed by atoms with E-state index in [0.29, 0.717) is 0 Å². The molecule has 0 fully saturated rings. The molecule has 0 bridgehead atoms. The molecule has 0 aliphatic carbocycles. The van der Waals surface area contributed by atoms with Gasteiger partial charge in [0, 0.05) is 21.7 Å². The van der Waals surface area contributed by atoms with Crippen LogP contribution in [0.15, 0.2) is 51.8 Å². The second kappa shape index (κ2) is 7.87. The summed E-state index contributed by atoms with van der Waals surface area (Å²) in [5, 5.41) is 3.40. The van der Waals surface area contributed by atoms with Crippen molar-refractivity contribution in [2.75, 3.05) is 6.54 Å². The molecule has 20 heavy (non-hydrogen) atoms. The monoisotopic (exact) mass is 349 g/mol. The summed E-state index contributed by atoms with van der Waals surface area (Å²) in [6.45, 7) is 6.21. The van der Waals surface area contributed by atoms with E-state index in [1.54, 1.807) is 0 Å². The molecule has 0 radical (unpaired) electrons. The third-order valence-corrected chi connectivity index (χ3v) is 4.73. The summed E-state index contributed by atoms with van der Waals surface area (Å²) in [5.74, 6) is 1.01. The Bertz CT molecular complexity index is 569. The summed E-state index contributed by atoms with van der Waals surface area (Å²) in [6.07, 6.45) is 0. The third-order valence-electron chi connectivity index (χ3n) is 3.07. The molecular weight excluding hydrogens is 330 g/mol. The third kappa shape index (κ3) is 4.65. The number of rotatable bonds is 6. The molecular formula is C17H20BrNS. The highest BCUT2D eigenvalue weighted by Crippen LogP contribution is 2.29. The van der Waals surface area contributed by atoms with Gasteiger partial charge in [-0.2, -0.15) is 0 Å². The van der Waals surface area contributed by atoms with Gasteiger partial charge in [0.05, 0.1) is 0 Å². The number of halogens is 1. The molecule has 0 saturated carbocycles. The second-order valence-electron chi connectivity index (χ2n) is 4.81. The number of benzene rings is 2. The number of nitrogens with one attached hydrogen (secondary N) is 1. The Hall–Kier alpha value is -0.770. The zero-order chi connectivity index (χ0) is 14.4. The highest BCUT2D eigenvalue weighted by molar-refractivity contribution is 9.10. The van der Waals surface area contributed by atoms with Gasteiger partial charge >= 0.3 is 0 Å². The molecule has 2 aromatic rings. The molecule has 0 spiro atoms. The summed E-state index contributed by atoms with van der Waals surface area (Å²) >= 11 is 5.47. The molecule has 0 aliphatic rings. The van der Waals surface area contributed by atoms with Crippen molar-refractivity contribution in [3.8, 4) is 0 Å². The van der Waals surface area contributed by atoms with E-state index in [-0.39, 0.29) is 0 Å².